The van der Waals surface area contributed by atoms with Gasteiger partial charge in [-0.15, -0.1) is 0 Å². The standard InChI is InChI=1S/C25H28N2O6S/c1-18(21-12-8-9-13-22(21)31-2)26-25(28)17-27(19-10-6-5-7-11-19)34(29,30)20-14-15-23(32-3)24(16-20)33-4/h5-16,18H,17H2,1-4H3,(H,26,28)/t18-/m1/s1. The van der Waals surface area contributed by atoms with E-state index in [2.05, 4.69) is 5.32 Å². The topological polar surface area (TPSA) is 94.2 Å². The number of methoxy groups -OCH3 is 3. The third-order valence-electron chi connectivity index (χ3n) is 5.26. The molecule has 0 saturated carbocycles. The maximum Gasteiger partial charge on any atom is 0.264 e. The second-order valence-corrected chi connectivity index (χ2v) is 9.26. The summed E-state index contributed by atoms with van der Waals surface area (Å²) in [5.74, 6) is 0.835. The molecule has 0 aromatic heterocycles. The SMILES string of the molecule is COc1ccc(S(=O)(=O)N(CC(=O)N[C@H](C)c2ccccc2OC)c2ccccc2)cc1OC. The third kappa shape index (κ3) is 5.43. The number of amides is 1. The minimum Gasteiger partial charge on any atom is -0.496 e. The molecule has 0 aliphatic rings. The van der Waals surface area contributed by atoms with Crippen molar-refractivity contribution in [3.8, 4) is 17.2 Å². The highest BCUT2D eigenvalue weighted by atomic mass is 32.2. The van der Waals surface area contributed by atoms with Crippen molar-refractivity contribution in [1.82, 2.24) is 5.32 Å². The first-order chi connectivity index (χ1) is 16.3. The van der Waals surface area contributed by atoms with Crippen LogP contribution in [0.15, 0.2) is 77.7 Å². The van der Waals surface area contributed by atoms with Crippen molar-refractivity contribution in [3.63, 3.8) is 0 Å². The van der Waals surface area contributed by atoms with Crippen molar-refractivity contribution in [2.75, 3.05) is 32.2 Å². The number of hydrogen-bond donors (Lipinski definition) is 1. The van der Waals surface area contributed by atoms with Crippen LogP contribution in [0.3, 0.4) is 0 Å². The molecule has 180 valence electrons. The summed E-state index contributed by atoms with van der Waals surface area (Å²) in [6.45, 7) is 1.39. The summed E-state index contributed by atoms with van der Waals surface area (Å²) in [6, 6.07) is 19.7. The van der Waals surface area contributed by atoms with Crippen molar-refractivity contribution in [3.05, 3.63) is 78.4 Å². The summed E-state index contributed by atoms with van der Waals surface area (Å²) in [7, 11) is 0.342. The van der Waals surface area contributed by atoms with Crippen LogP contribution in [0.2, 0.25) is 0 Å². The molecule has 0 heterocycles. The Morgan fingerprint density at radius 3 is 2.12 bits per heavy atom. The van der Waals surface area contributed by atoms with E-state index in [4.69, 9.17) is 14.2 Å². The molecule has 1 N–H and O–H groups in total. The number of nitrogens with one attached hydrogen (secondary N) is 1. The first-order valence-electron chi connectivity index (χ1n) is 10.5. The molecule has 1 amide bonds. The maximum absolute atomic E-state index is 13.6. The molecular weight excluding hydrogens is 456 g/mol. The van der Waals surface area contributed by atoms with E-state index in [9.17, 15) is 13.2 Å². The number of hydrogen-bond acceptors (Lipinski definition) is 6. The number of anilines is 1. The van der Waals surface area contributed by atoms with Crippen LogP contribution in [0.1, 0.15) is 18.5 Å². The molecule has 0 radical (unpaired) electrons. The van der Waals surface area contributed by atoms with Crippen LogP contribution in [-0.4, -0.2) is 42.2 Å². The Morgan fingerprint density at radius 1 is 0.853 bits per heavy atom. The van der Waals surface area contributed by atoms with Crippen LogP contribution in [0, 0.1) is 0 Å². The van der Waals surface area contributed by atoms with Crippen LogP contribution < -0.4 is 23.8 Å². The highest BCUT2D eigenvalue weighted by Crippen LogP contribution is 2.32. The van der Waals surface area contributed by atoms with E-state index in [-0.39, 0.29) is 10.6 Å². The largest absolute Gasteiger partial charge is 0.496 e. The number of ether oxygens (including phenoxy) is 3. The molecule has 0 aliphatic heterocycles. The Kier molecular flexibility index (Phi) is 8.01. The molecule has 0 fully saturated rings. The van der Waals surface area contributed by atoms with Gasteiger partial charge in [0.2, 0.25) is 5.91 Å². The number of rotatable bonds is 10. The smallest absolute Gasteiger partial charge is 0.264 e. The Labute approximate surface area is 200 Å². The van der Waals surface area contributed by atoms with Crippen LogP contribution in [0.25, 0.3) is 0 Å². The zero-order chi connectivity index (χ0) is 24.7. The molecule has 3 rings (SSSR count). The minimum absolute atomic E-state index is 0.0282. The molecular formula is C25H28N2O6S. The van der Waals surface area contributed by atoms with Crippen molar-refractivity contribution in [1.29, 1.82) is 0 Å². The van der Waals surface area contributed by atoms with Gasteiger partial charge in [-0.2, -0.15) is 0 Å². The van der Waals surface area contributed by atoms with Gasteiger partial charge in [-0.05, 0) is 37.3 Å². The summed E-state index contributed by atoms with van der Waals surface area (Å²) < 4.78 is 44.2. The molecule has 0 saturated heterocycles. The van der Waals surface area contributed by atoms with E-state index in [1.54, 1.807) is 43.5 Å². The molecule has 0 bridgehead atoms. The number of carbonyl (C=O) groups is 1. The molecule has 0 aliphatic carbocycles. The summed E-state index contributed by atoms with van der Waals surface area (Å²) in [4.78, 5) is 13.0. The lowest BCUT2D eigenvalue weighted by molar-refractivity contribution is -0.120. The van der Waals surface area contributed by atoms with Gasteiger partial charge in [-0.25, -0.2) is 8.42 Å². The number of nitrogens with zero attached hydrogens (tertiary/aromatic N) is 1. The number of sulfonamides is 1. The van der Waals surface area contributed by atoms with E-state index in [0.29, 0.717) is 17.2 Å². The molecule has 34 heavy (non-hydrogen) atoms. The Hall–Kier alpha value is -3.72. The highest BCUT2D eigenvalue weighted by molar-refractivity contribution is 7.92. The van der Waals surface area contributed by atoms with Crippen LogP contribution in [0.5, 0.6) is 17.2 Å². The van der Waals surface area contributed by atoms with E-state index in [1.807, 2.05) is 25.1 Å². The molecule has 8 nitrogen and oxygen atoms in total. The fourth-order valence-electron chi connectivity index (χ4n) is 3.53. The predicted molar refractivity (Wildman–Crippen MR) is 130 cm³/mol. The van der Waals surface area contributed by atoms with Gasteiger partial charge >= 0.3 is 0 Å². The second kappa shape index (κ2) is 10.9. The second-order valence-electron chi connectivity index (χ2n) is 7.40. The Morgan fingerprint density at radius 2 is 1.47 bits per heavy atom. The summed E-state index contributed by atoms with van der Waals surface area (Å²) in [5, 5.41) is 2.87. The fourth-order valence-corrected chi connectivity index (χ4v) is 4.97. The summed E-state index contributed by atoms with van der Waals surface area (Å²) >= 11 is 0. The Bertz CT molecular complexity index is 1230. The predicted octanol–water partition coefficient (Wildman–Crippen LogP) is 3.79. The average molecular weight is 485 g/mol. The zero-order valence-corrected chi connectivity index (χ0v) is 20.3. The summed E-state index contributed by atoms with van der Waals surface area (Å²) in [5.41, 5.74) is 1.14. The lowest BCUT2D eigenvalue weighted by Crippen LogP contribution is -2.41. The van der Waals surface area contributed by atoms with Gasteiger partial charge in [-0.3, -0.25) is 9.10 Å². The van der Waals surface area contributed by atoms with Crippen LogP contribution in [-0.2, 0) is 14.8 Å². The number of benzene rings is 3. The number of para-hydroxylation sites is 2. The molecule has 0 unspecified atom stereocenters. The third-order valence-corrected chi connectivity index (χ3v) is 7.03. The molecule has 1 atom stereocenters. The fraction of sp³-hybridized carbons (Fsp3) is 0.240. The van der Waals surface area contributed by atoms with Crippen molar-refractivity contribution >= 4 is 21.6 Å². The maximum atomic E-state index is 13.6. The van der Waals surface area contributed by atoms with Gasteiger partial charge < -0.3 is 19.5 Å². The quantitative estimate of drug-likeness (QED) is 0.471. The van der Waals surface area contributed by atoms with E-state index < -0.39 is 28.5 Å². The van der Waals surface area contributed by atoms with Gasteiger partial charge in [0, 0.05) is 11.6 Å². The van der Waals surface area contributed by atoms with Crippen molar-refractivity contribution in [2.24, 2.45) is 0 Å². The molecule has 3 aromatic carbocycles. The average Bonchev–Trinajstić information content (AvgIpc) is 2.87. The van der Waals surface area contributed by atoms with Crippen LogP contribution in [0.4, 0.5) is 5.69 Å². The van der Waals surface area contributed by atoms with Gasteiger partial charge in [0.1, 0.15) is 12.3 Å². The van der Waals surface area contributed by atoms with Crippen LogP contribution >= 0.6 is 0 Å². The van der Waals surface area contributed by atoms with Crippen molar-refractivity contribution in [2.45, 2.75) is 17.9 Å². The molecule has 3 aromatic rings. The van der Waals surface area contributed by atoms with Gasteiger partial charge in [0.25, 0.3) is 10.0 Å². The first-order valence-corrected chi connectivity index (χ1v) is 12.0. The van der Waals surface area contributed by atoms with Gasteiger partial charge in [0.05, 0.1) is 38.0 Å². The Balaban J connectivity index is 1.92. The van der Waals surface area contributed by atoms with Gasteiger partial charge in [0.15, 0.2) is 11.5 Å². The highest BCUT2D eigenvalue weighted by Gasteiger charge is 2.29. The summed E-state index contributed by atoms with van der Waals surface area (Å²) in [6.07, 6.45) is 0. The lowest BCUT2D eigenvalue weighted by Gasteiger charge is -2.25. The normalized spacial score (nSPS) is 11.9. The molecule has 0 spiro atoms. The number of carbonyl (C=O) groups excluding carboxylic acids is 1. The monoisotopic (exact) mass is 484 g/mol. The van der Waals surface area contributed by atoms with E-state index in [1.165, 1.54) is 32.4 Å². The van der Waals surface area contributed by atoms with Gasteiger partial charge in [-0.1, -0.05) is 36.4 Å². The minimum atomic E-state index is -4.11. The van der Waals surface area contributed by atoms with E-state index in [0.717, 1.165) is 9.87 Å². The molecule has 9 heteroatoms. The zero-order valence-electron chi connectivity index (χ0n) is 19.5. The first kappa shape index (κ1) is 24.9. The lowest BCUT2D eigenvalue weighted by atomic mass is 10.1. The van der Waals surface area contributed by atoms with E-state index >= 15 is 0 Å². The van der Waals surface area contributed by atoms with Crippen molar-refractivity contribution < 1.29 is 27.4 Å².